The largest absolute Gasteiger partial charge is 0.441 e. The first kappa shape index (κ1) is 10.9. The Labute approximate surface area is 98.1 Å². The monoisotopic (exact) mass is 235 g/mol. The van der Waals surface area contributed by atoms with Crippen LogP contribution >= 0.6 is 11.6 Å². The number of halogens is 1. The first-order valence-electron chi connectivity index (χ1n) is 4.82. The second-order valence-corrected chi connectivity index (χ2v) is 3.86. The topological polar surface area (TPSA) is 43.1 Å². The van der Waals surface area contributed by atoms with Gasteiger partial charge in [0.15, 0.2) is 0 Å². The number of aromatic nitrogens is 1. The number of rotatable bonds is 2. The Bertz CT molecular complexity index is 526. The maximum absolute atomic E-state index is 11.0. The second-order valence-electron chi connectivity index (χ2n) is 3.52. The Morgan fingerprint density at radius 1 is 1.38 bits per heavy atom. The summed E-state index contributed by atoms with van der Waals surface area (Å²) in [5, 5.41) is -0.484. The van der Waals surface area contributed by atoms with E-state index in [4.69, 9.17) is 16.0 Å². The first-order chi connectivity index (χ1) is 7.58. The normalized spacial score (nSPS) is 10.4. The molecule has 1 heterocycles. The second kappa shape index (κ2) is 4.10. The van der Waals surface area contributed by atoms with E-state index in [9.17, 15) is 4.79 Å². The van der Waals surface area contributed by atoms with Crippen LogP contribution < -0.4 is 0 Å². The Morgan fingerprint density at radius 2 is 2.12 bits per heavy atom. The van der Waals surface area contributed by atoms with Crippen LogP contribution in [0.4, 0.5) is 0 Å². The van der Waals surface area contributed by atoms with E-state index in [1.165, 1.54) is 0 Å². The van der Waals surface area contributed by atoms with Crippen LogP contribution in [0.15, 0.2) is 28.7 Å². The van der Waals surface area contributed by atoms with Gasteiger partial charge < -0.3 is 4.42 Å². The van der Waals surface area contributed by atoms with Gasteiger partial charge in [0, 0.05) is 11.1 Å². The highest BCUT2D eigenvalue weighted by Gasteiger charge is 2.10. The quantitative estimate of drug-likeness (QED) is 0.750. The van der Waals surface area contributed by atoms with Crippen molar-refractivity contribution in [2.45, 2.75) is 13.8 Å². The van der Waals surface area contributed by atoms with E-state index >= 15 is 0 Å². The molecule has 0 bridgehead atoms. The molecule has 0 aliphatic rings. The van der Waals surface area contributed by atoms with Gasteiger partial charge in [-0.05, 0) is 37.6 Å². The number of aryl methyl sites for hydroxylation is 2. The molecule has 0 unspecified atom stereocenters. The van der Waals surface area contributed by atoms with Gasteiger partial charge >= 0.3 is 0 Å². The predicted octanol–water partition coefficient (Wildman–Crippen LogP) is 3.34. The minimum absolute atomic E-state index is 0.438. The van der Waals surface area contributed by atoms with Crippen LogP contribution in [0.25, 0.3) is 11.5 Å². The third-order valence-corrected chi connectivity index (χ3v) is 2.58. The molecule has 2 rings (SSSR count). The summed E-state index contributed by atoms with van der Waals surface area (Å²) in [7, 11) is 0. The Morgan fingerprint density at radius 3 is 2.69 bits per heavy atom. The van der Waals surface area contributed by atoms with Crippen molar-refractivity contribution in [3.05, 3.63) is 41.3 Å². The van der Waals surface area contributed by atoms with Crippen LogP contribution in [0.2, 0.25) is 0 Å². The molecule has 16 heavy (non-hydrogen) atoms. The highest BCUT2D eigenvalue weighted by molar-refractivity contribution is 6.67. The number of nitrogens with zero attached hydrogens (tertiary/aromatic N) is 1. The van der Waals surface area contributed by atoms with Crippen LogP contribution in [0, 0.1) is 13.8 Å². The summed E-state index contributed by atoms with van der Waals surface area (Å²) >= 11 is 5.41. The summed E-state index contributed by atoms with van der Waals surface area (Å²) < 4.78 is 5.47. The van der Waals surface area contributed by atoms with Crippen LogP contribution in [-0.2, 0) is 0 Å². The lowest BCUT2D eigenvalue weighted by atomic mass is 10.1. The van der Waals surface area contributed by atoms with E-state index in [2.05, 4.69) is 4.98 Å². The van der Waals surface area contributed by atoms with Crippen molar-refractivity contribution >= 4 is 16.8 Å². The van der Waals surface area contributed by atoms with Crippen molar-refractivity contribution in [2.24, 2.45) is 0 Å². The SMILES string of the molecule is Cc1nc(-c2cccc(C(=O)Cl)c2)oc1C. The molecule has 82 valence electrons. The summed E-state index contributed by atoms with van der Waals surface area (Å²) in [4.78, 5) is 15.3. The number of hydrogen-bond donors (Lipinski definition) is 0. The fraction of sp³-hybridized carbons (Fsp3) is 0.167. The van der Waals surface area contributed by atoms with E-state index in [1.54, 1.807) is 18.2 Å². The fourth-order valence-electron chi connectivity index (χ4n) is 1.37. The molecule has 0 N–H and O–H groups in total. The third-order valence-electron chi connectivity index (χ3n) is 2.37. The fourth-order valence-corrected chi connectivity index (χ4v) is 1.49. The molecule has 0 radical (unpaired) electrons. The van der Waals surface area contributed by atoms with Crippen molar-refractivity contribution in [3.63, 3.8) is 0 Å². The van der Waals surface area contributed by atoms with Crippen LogP contribution in [0.1, 0.15) is 21.8 Å². The lowest BCUT2D eigenvalue weighted by Gasteiger charge is -1.97. The Kier molecular flexibility index (Phi) is 2.79. The molecule has 0 atom stereocenters. The Hall–Kier alpha value is -1.61. The number of hydrogen-bond acceptors (Lipinski definition) is 3. The number of carbonyl (C=O) groups excluding carboxylic acids is 1. The lowest BCUT2D eigenvalue weighted by Crippen LogP contribution is -1.88. The highest BCUT2D eigenvalue weighted by Crippen LogP contribution is 2.22. The molecule has 4 heteroatoms. The van der Waals surface area contributed by atoms with Crippen LogP contribution in [0.3, 0.4) is 0 Å². The molecule has 0 spiro atoms. The molecule has 1 aromatic heterocycles. The zero-order valence-electron chi connectivity index (χ0n) is 8.95. The van der Waals surface area contributed by atoms with E-state index < -0.39 is 5.24 Å². The average Bonchev–Trinajstić information content (AvgIpc) is 2.59. The van der Waals surface area contributed by atoms with Gasteiger partial charge in [-0.2, -0.15) is 0 Å². The van der Waals surface area contributed by atoms with Crippen molar-refractivity contribution in [2.75, 3.05) is 0 Å². The van der Waals surface area contributed by atoms with Crippen molar-refractivity contribution in [1.82, 2.24) is 4.98 Å². The van der Waals surface area contributed by atoms with Gasteiger partial charge in [-0.25, -0.2) is 4.98 Å². The average molecular weight is 236 g/mol. The first-order valence-corrected chi connectivity index (χ1v) is 5.20. The third kappa shape index (κ3) is 1.99. The van der Waals surface area contributed by atoms with E-state index in [0.29, 0.717) is 11.5 Å². The molecule has 0 amide bonds. The number of benzene rings is 1. The summed E-state index contributed by atoms with van der Waals surface area (Å²) in [5.41, 5.74) is 2.04. The summed E-state index contributed by atoms with van der Waals surface area (Å²) in [6.45, 7) is 3.72. The summed E-state index contributed by atoms with van der Waals surface area (Å²) in [5.74, 6) is 1.28. The van der Waals surface area contributed by atoms with Gasteiger partial charge in [0.1, 0.15) is 5.76 Å². The van der Waals surface area contributed by atoms with Crippen molar-refractivity contribution < 1.29 is 9.21 Å². The van der Waals surface area contributed by atoms with Gasteiger partial charge in [-0.3, -0.25) is 4.79 Å². The number of oxazole rings is 1. The van der Waals surface area contributed by atoms with Crippen LogP contribution in [0.5, 0.6) is 0 Å². The van der Waals surface area contributed by atoms with Gasteiger partial charge in [-0.15, -0.1) is 0 Å². The standard InChI is InChI=1S/C12H10ClNO2/c1-7-8(2)16-12(14-7)10-5-3-4-9(6-10)11(13)15/h3-6H,1-2H3. The summed E-state index contributed by atoms with van der Waals surface area (Å²) in [6.07, 6.45) is 0. The van der Waals surface area contributed by atoms with E-state index in [-0.39, 0.29) is 0 Å². The van der Waals surface area contributed by atoms with E-state index in [1.807, 2.05) is 19.9 Å². The van der Waals surface area contributed by atoms with Gasteiger partial charge in [0.25, 0.3) is 5.24 Å². The molecule has 0 saturated carbocycles. The smallest absolute Gasteiger partial charge is 0.252 e. The summed E-state index contributed by atoms with van der Waals surface area (Å²) in [6, 6.07) is 6.90. The zero-order valence-corrected chi connectivity index (χ0v) is 9.71. The molecule has 0 aliphatic heterocycles. The molecule has 0 saturated heterocycles. The van der Waals surface area contributed by atoms with E-state index in [0.717, 1.165) is 17.0 Å². The maximum atomic E-state index is 11.0. The molecule has 0 fully saturated rings. The van der Waals surface area contributed by atoms with Crippen molar-refractivity contribution in [1.29, 1.82) is 0 Å². The minimum atomic E-state index is -0.484. The van der Waals surface area contributed by atoms with Gasteiger partial charge in [-0.1, -0.05) is 12.1 Å². The zero-order chi connectivity index (χ0) is 11.7. The predicted molar refractivity (Wildman–Crippen MR) is 61.6 cm³/mol. The number of carbonyl (C=O) groups is 1. The highest BCUT2D eigenvalue weighted by atomic mass is 35.5. The molecule has 3 nitrogen and oxygen atoms in total. The molecule has 0 aliphatic carbocycles. The molecular weight excluding hydrogens is 226 g/mol. The maximum Gasteiger partial charge on any atom is 0.252 e. The molecule has 1 aromatic carbocycles. The lowest BCUT2D eigenvalue weighted by molar-refractivity contribution is 0.108. The minimum Gasteiger partial charge on any atom is -0.441 e. The Balaban J connectivity index is 2.48. The van der Waals surface area contributed by atoms with Crippen LogP contribution in [-0.4, -0.2) is 10.2 Å². The van der Waals surface area contributed by atoms with Gasteiger partial charge in [0.05, 0.1) is 5.69 Å². The molecular formula is C12H10ClNO2. The van der Waals surface area contributed by atoms with Gasteiger partial charge in [0.2, 0.25) is 5.89 Å². The van der Waals surface area contributed by atoms with Crippen molar-refractivity contribution in [3.8, 4) is 11.5 Å². The molecule has 2 aromatic rings.